The van der Waals surface area contributed by atoms with Crippen LogP contribution < -0.4 is 5.32 Å². The summed E-state index contributed by atoms with van der Waals surface area (Å²) in [5.74, 6) is -1.50. The number of likely N-dealkylation sites (N-methyl/N-ethyl adjacent to an activating group) is 1. The van der Waals surface area contributed by atoms with Crippen molar-refractivity contribution in [1.82, 2.24) is 10.2 Å². The molecule has 1 atom stereocenters. The van der Waals surface area contributed by atoms with Crippen LogP contribution >= 0.6 is 0 Å². The topological polar surface area (TPSA) is 95.9 Å². The van der Waals surface area contributed by atoms with Crippen LogP contribution in [0.5, 0.6) is 0 Å². The van der Waals surface area contributed by atoms with E-state index in [1.807, 2.05) is 13.8 Å². The van der Waals surface area contributed by atoms with Crippen molar-refractivity contribution in [2.75, 3.05) is 20.2 Å². The minimum absolute atomic E-state index is 0.136. The van der Waals surface area contributed by atoms with Crippen LogP contribution in [-0.4, -0.2) is 54.2 Å². The van der Waals surface area contributed by atoms with Crippen LogP contribution in [0.15, 0.2) is 0 Å². The normalized spacial score (nSPS) is 11.8. The third kappa shape index (κ3) is 6.64. The molecule has 0 radical (unpaired) electrons. The van der Waals surface area contributed by atoms with Gasteiger partial charge in [-0.05, 0) is 19.3 Å². The van der Waals surface area contributed by atoms with Crippen LogP contribution in [0, 0.1) is 5.92 Å². The quantitative estimate of drug-likeness (QED) is 0.666. The Morgan fingerprint density at radius 1 is 1.32 bits per heavy atom. The van der Waals surface area contributed by atoms with Gasteiger partial charge in [0, 0.05) is 6.54 Å². The smallest absolute Gasteiger partial charge is 0.326 e. The molecule has 0 aromatic rings. The molecular formula is C12H22N2O5. The maximum absolute atomic E-state index is 11.9. The maximum atomic E-state index is 11.9. The number of nitrogens with one attached hydrogen (secondary N) is 1. The Bertz CT molecular complexity index is 330. The number of carbonyl (C=O) groups is 3. The number of nitrogens with zero attached hydrogens (tertiary/aromatic N) is 1. The van der Waals surface area contributed by atoms with Crippen molar-refractivity contribution in [3.8, 4) is 0 Å². The van der Waals surface area contributed by atoms with Crippen LogP contribution in [0.2, 0.25) is 0 Å². The van der Waals surface area contributed by atoms with E-state index in [9.17, 15) is 14.4 Å². The Labute approximate surface area is 112 Å². The van der Waals surface area contributed by atoms with Gasteiger partial charge in [-0.25, -0.2) is 9.59 Å². The minimum atomic E-state index is -1.09. The zero-order chi connectivity index (χ0) is 15.0. The molecule has 0 aliphatic heterocycles. The molecule has 110 valence electrons. The zero-order valence-electron chi connectivity index (χ0n) is 11.8. The molecule has 7 heteroatoms. The summed E-state index contributed by atoms with van der Waals surface area (Å²) >= 11 is 0. The van der Waals surface area contributed by atoms with E-state index in [1.54, 1.807) is 6.92 Å². The number of methoxy groups -OCH3 is 1. The van der Waals surface area contributed by atoms with Crippen LogP contribution in [0.3, 0.4) is 0 Å². The van der Waals surface area contributed by atoms with E-state index >= 15 is 0 Å². The van der Waals surface area contributed by atoms with Gasteiger partial charge in [-0.15, -0.1) is 0 Å². The van der Waals surface area contributed by atoms with Crippen LogP contribution in [0.25, 0.3) is 0 Å². The third-order valence-electron chi connectivity index (χ3n) is 2.52. The second-order valence-corrected chi connectivity index (χ2v) is 4.56. The van der Waals surface area contributed by atoms with Gasteiger partial charge in [0.1, 0.15) is 12.6 Å². The van der Waals surface area contributed by atoms with Gasteiger partial charge < -0.3 is 20.1 Å². The fourth-order valence-electron chi connectivity index (χ4n) is 1.48. The summed E-state index contributed by atoms with van der Waals surface area (Å²) in [5, 5.41) is 11.4. The van der Waals surface area contributed by atoms with E-state index in [4.69, 9.17) is 5.11 Å². The summed E-state index contributed by atoms with van der Waals surface area (Å²) in [6.07, 6.45) is 0.330. The van der Waals surface area contributed by atoms with Crippen molar-refractivity contribution in [3.05, 3.63) is 0 Å². The van der Waals surface area contributed by atoms with Gasteiger partial charge in [0.25, 0.3) is 0 Å². The molecule has 0 heterocycles. The standard InChI is InChI=1S/C12H22N2O5/c1-5-14(7-10(15)19-4)12(18)13-9(11(16)17)6-8(2)3/h8-9H,5-7H2,1-4H3,(H,13,18)(H,16,17). The first-order chi connectivity index (χ1) is 8.81. The molecule has 0 rings (SSSR count). The highest BCUT2D eigenvalue weighted by atomic mass is 16.5. The molecule has 0 saturated carbocycles. The van der Waals surface area contributed by atoms with Gasteiger partial charge in [-0.2, -0.15) is 0 Å². The van der Waals surface area contributed by atoms with Crippen molar-refractivity contribution in [3.63, 3.8) is 0 Å². The van der Waals surface area contributed by atoms with E-state index in [0.29, 0.717) is 6.42 Å². The molecule has 2 amide bonds. The number of carboxylic acid groups (broad SMARTS) is 1. The monoisotopic (exact) mass is 274 g/mol. The molecular weight excluding hydrogens is 252 g/mol. The Kier molecular flexibility index (Phi) is 7.55. The lowest BCUT2D eigenvalue weighted by Crippen LogP contribution is -2.49. The summed E-state index contributed by atoms with van der Waals surface area (Å²) in [6, 6.07) is -1.54. The molecule has 2 N–H and O–H groups in total. The minimum Gasteiger partial charge on any atom is -0.480 e. The van der Waals surface area contributed by atoms with Gasteiger partial charge in [0.05, 0.1) is 7.11 Å². The lowest BCUT2D eigenvalue weighted by molar-refractivity contribution is -0.141. The van der Waals surface area contributed by atoms with E-state index in [0.717, 1.165) is 0 Å². The SMILES string of the molecule is CCN(CC(=O)OC)C(=O)NC(CC(C)C)C(=O)O. The second kappa shape index (κ2) is 8.34. The van der Waals surface area contributed by atoms with Crippen molar-refractivity contribution in [2.45, 2.75) is 33.2 Å². The maximum Gasteiger partial charge on any atom is 0.326 e. The molecule has 0 aromatic carbocycles. The Hall–Kier alpha value is -1.79. The number of esters is 1. The number of hydrogen-bond donors (Lipinski definition) is 2. The number of amides is 2. The lowest BCUT2D eigenvalue weighted by Gasteiger charge is -2.23. The second-order valence-electron chi connectivity index (χ2n) is 4.56. The number of rotatable bonds is 7. The molecule has 1 unspecified atom stereocenters. The number of aliphatic carboxylic acids is 1. The van der Waals surface area contributed by atoms with Gasteiger partial charge in [0.15, 0.2) is 0 Å². The molecule has 0 saturated heterocycles. The van der Waals surface area contributed by atoms with Gasteiger partial charge in [0.2, 0.25) is 0 Å². The highest BCUT2D eigenvalue weighted by Gasteiger charge is 2.24. The van der Waals surface area contributed by atoms with Crippen LogP contribution in [0.4, 0.5) is 4.79 Å². The average Bonchev–Trinajstić information content (AvgIpc) is 2.33. The average molecular weight is 274 g/mol. The van der Waals surface area contributed by atoms with Gasteiger partial charge in [-0.1, -0.05) is 13.8 Å². The number of ether oxygens (including phenoxy) is 1. The van der Waals surface area contributed by atoms with E-state index in [-0.39, 0.29) is 19.0 Å². The Morgan fingerprint density at radius 2 is 1.89 bits per heavy atom. The summed E-state index contributed by atoms with van der Waals surface area (Å²) in [7, 11) is 1.23. The molecule has 0 aromatic heterocycles. The molecule has 0 bridgehead atoms. The molecule has 0 aliphatic carbocycles. The first-order valence-electron chi connectivity index (χ1n) is 6.16. The van der Waals surface area contributed by atoms with Gasteiger partial charge >= 0.3 is 18.0 Å². The summed E-state index contributed by atoms with van der Waals surface area (Å²) in [6.45, 7) is 5.52. The van der Waals surface area contributed by atoms with E-state index in [1.165, 1.54) is 12.0 Å². The molecule has 0 fully saturated rings. The molecule has 19 heavy (non-hydrogen) atoms. The van der Waals surface area contributed by atoms with Gasteiger partial charge in [-0.3, -0.25) is 4.79 Å². The lowest BCUT2D eigenvalue weighted by atomic mass is 10.0. The summed E-state index contributed by atoms with van der Waals surface area (Å²) in [4.78, 5) is 35.2. The van der Waals surface area contributed by atoms with Crippen molar-refractivity contribution >= 4 is 18.0 Å². The third-order valence-corrected chi connectivity index (χ3v) is 2.52. The predicted molar refractivity (Wildman–Crippen MR) is 68.7 cm³/mol. The predicted octanol–water partition coefficient (Wildman–Crippen LogP) is 0.690. The number of carbonyl (C=O) groups excluding carboxylic acids is 2. The fraction of sp³-hybridized carbons (Fsp3) is 0.750. The summed E-state index contributed by atoms with van der Waals surface area (Å²) in [5.41, 5.74) is 0. The van der Waals surface area contributed by atoms with Crippen LogP contribution in [0.1, 0.15) is 27.2 Å². The first kappa shape index (κ1) is 17.2. The first-order valence-corrected chi connectivity index (χ1v) is 6.16. The highest BCUT2D eigenvalue weighted by molar-refractivity contribution is 5.85. The van der Waals surface area contributed by atoms with E-state index in [2.05, 4.69) is 10.1 Å². The molecule has 0 aliphatic rings. The largest absolute Gasteiger partial charge is 0.480 e. The molecule has 7 nitrogen and oxygen atoms in total. The fourth-order valence-corrected chi connectivity index (χ4v) is 1.48. The number of urea groups is 1. The molecule has 0 spiro atoms. The summed E-state index contributed by atoms with van der Waals surface area (Å²) < 4.78 is 4.47. The number of hydrogen-bond acceptors (Lipinski definition) is 4. The highest BCUT2D eigenvalue weighted by Crippen LogP contribution is 2.05. The van der Waals surface area contributed by atoms with Crippen molar-refractivity contribution < 1.29 is 24.2 Å². The van der Waals surface area contributed by atoms with Crippen molar-refractivity contribution in [2.24, 2.45) is 5.92 Å². The number of carboxylic acids is 1. The van der Waals surface area contributed by atoms with E-state index < -0.39 is 24.0 Å². The zero-order valence-corrected chi connectivity index (χ0v) is 11.8. The van der Waals surface area contributed by atoms with Crippen molar-refractivity contribution in [1.29, 1.82) is 0 Å². The Balaban J connectivity index is 4.59. The Morgan fingerprint density at radius 3 is 2.26 bits per heavy atom. The van der Waals surface area contributed by atoms with Crippen LogP contribution in [-0.2, 0) is 14.3 Å².